The van der Waals surface area contributed by atoms with E-state index in [9.17, 15) is 23.4 Å². The van der Waals surface area contributed by atoms with E-state index in [4.69, 9.17) is 19.6 Å². The van der Waals surface area contributed by atoms with Gasteiger partial charge in [-0.2, -0.15) is 0 Å². The molecule has 1 heterocycles. The quantitative estimate of drug-likeness (QED) is 0.0887. The summed E-state index contributed by atoms with van der Waals surface area (Å²) in [5, 5.41) is 28.3. The maximum absolute atomic E-state index is 14.2. The van der Waals surface area contributed by atoms with Crippen LogP contribution in [0.1, 0.15) is 30.1 Å². The maximum atomic E-state index is 14.2. The summed E-state index contributed by atoms with van der Waals surface area (Å²) in [6.45, 7) is -0.585. The first-order chi connectivity index (χ1) is 23.3. The molecule has 4 aromatic rings. The number of carbonyl (C=O) groups is 1. The molecule has 5 N–H and O–H groups in total. The van der Waals surface area contributed by atoms with Crippen molar-refractivity contribution in [1.82, 2.24) is 10.9 Å². The second-order valence-corrected chi connectivity index (χ2v) is 13.4. The number of sulfone groups is 1. The molecule has 0 bridgehead atoms. The van der Waals surface area contributed by atoms with Crippen molar-refractivity contribution in [2.24, 2.45) is 4.99 Å². The predicted octanol–water partition coefficient (Wildman–Crippen LogP) is 3.21. The van der Waals surface area contributed by atoms with Gasteiger partial charge in [0.1, 0.15) is 5.75 Å². The van der Waals surface area contributed by atoms with Crippen LogP contribution in [0.25, 0.3) is 11.1 Å². The third-order valence-corrected chi connectivity index (χ3v) is 9.77. The van der Waals surface area contributed by atoms with Gasteiger partial charge in [-0.1, -0.05) is 72.8 Å². The van der Waals surface area contributed by atoms with Crippen LogP contribution in [0.4, 0.5) is 0 Å². The fourth-order valence-corrected chi connectivity index (χ4v) is 6.70. The van der Waals surface area contributed by atoms with E-state index < -0.39 is 52.4 Å². The van der Waals surface area contributed by atoms with Gasteiger partial charge in [-0.05, 0) is 53.1 Å². The summed E-state index contributed by atoms with van der Waals surface area (Å²) in [7, 11) is -3.85. The lowest BCUT2D eigenvalue weighted by Crippen LogP contribution is -2.56. The number of ether oxygens (including phenoxy) is 2. The first-order valence-electron chi connectivity index (χ1n) is 15.6. The van der Waals surface area contributed by atoms with Crippen LogP contribution in [0.2, 0.25) is 0 Å². The van der Waals surface area contributed by atoms with Crippen LogP contribution in [-0.4, -0.2) is 79.3 Å². The van der Waals surface area contributed by atoms with E-state index in [1.54, 1.807) is 42.5 Å². The molecule has 0 saturated heterocycles. The summed E-state index contributed by atoms with van der Waals surface area (Å²) >= 11 is 0. The number of carbonyl (C=O) groups excluding carboxylic acids is 1. The molecule has 0 unspecified atom stereocenters. The van der Waals surface area contributed by atoms with Crippen molar-refractivity contribution in [3.63, 3.8) is 0 Å². The molecule has 0 spiro atoms. The smallest absolute Gasteiger partial charge is 0.266 e. The van der Waals surface area contributed by atoms with E-state index in [1.165, 1.54) is 12.1 Å². The van der Waals surface area contributed by atoms with Crippen molar-refractivity contribution in [2.75, 3.05) is 32.2 Å². The summed E-state index contributed by atoms with van der Waals surface area (Å²) in [5.74, 6) is -0.430. The van der Waals surface area contributed by atoms with Crippen molar-refractivity contribution in [1.29, 1.82) is 0 Å². The highest BCUT2D eigenvalue weighted by atomic mass is 32.2. The van der Waals surface area contributed by atoms with Crippen LogP contribution in [-0.2, 0) is 19.4 Å². The Morgan fingerprint density at radius 3 is 2.06 bits per heavy atom. The number of rotatable bonds is 16. The molecule has 1 aliphatic rings. The Morgan fingerprint density at radius 2 is 1.44 bits per heavy atom. The topological polar surface area (TPSA) is 167 Å². The average molecular weight is 674 g/mol. The molecule has 0 radical (unpaired) electrons. The Morgan fingerprint density at radius 1 is 0.833 bits per heavy atom. The maximum Gasteiger partial charge on any atom is 0.266 e. The third kappa shape index (κ3) is 8.09. The molecule has 0 saturated carbocycles. The summed E-state index contributed by atoms with van der Waals surface area (Å²) in [4.78, 5) is 19.2. The van der Waals surface area contributed by atoms with Crippen LogP contribution in [0, 0.1) is 0 Å². The molecule has 1 amide bonds. The van der Waals surface area contributed by atoms with Gasteiger partial charge in [0.2, 0.25) is 5.90 Å². The Bertz CT molecular complexity index is 1770. The highest BCUT2D eigenvalue weighted by molar-refractivity contribution is 7.91. The largest absolute Gasteiger partial charge is 0.494 e. The predicted molar refractivity (Wildman–Crippen MR) is 181 cm³/mol. The van der Waals surface area contributed by atoms with E-state index in [2.05, 4.69) is 10.9 Å². The van der Waals surface area contributed by atoms with Gasteiger partial charge in [0, 0.05) is 25.0 Å². The number of aliphatic imine (C=N–C) groups is 1. The Kier molecular flexibility index (Phi) is 11.6. The van der Waals surface area contributed by atoms with E-state index in [0.717, 1.165) is 11.1 Å². The SMILES string of the molecule is O=C(NNC(CO)CO)[C@@]1(CCS(=O)(=O)c2ccccc2)N=C(c2ccc(OCCCO)cc2)O[C@H]1c1ccc(-c2ccccc2)cc1. The van der Waals surface area contributed by atoms with Crippen molar-refractivity contribution < 1.29 is 38.0 Å². The molecule has 0 aromatic heterocycles. The highest BCUT2D eigenvalue weighted by Crippen LogP contribution is 2.43. The molecule has 12 heteroatoms. The number of hydrazine groups is 1. The van der Waals surface area contributed by atoms with Crippen LogP contribution < -0.4 is 15.6 Å². The van der Waals surface area contributed by atoms with Gasteiger partial charge in [0.05, 0.1) is 36.5 Å². The van der Waals surface area contributed by atoms with Crippen LogP contribution in [0.15, 0.2) is 119 Å². The van der Waals surface area contributed by atoms with Crippen LogP contribution >= 0.6 is 0 Å². The standard InChI is InChI=1S/C36H39N3O8S/c40-21-7-22-46-31-18-16-29(17-19-31)34-37-36(35(43)39-38-30(24-41)25-42,20-23-48(44,45)32-10-5-2-6-11-32)33(47-34)28-14-12-27(13-15-28)26-8-3-1-4-9-26/h1-6,8-19,30,33,38,40-42H,7,20-25H2,(H,39,43)/t33-,36-/m0/s1. The molecule has 5 rings (SSSR count). The normalized spacial score (nSPS) is 17.5. The first-order valence-corrected chi connectivity index (χ1v) is 17.3. The van der Waals surface area contributed by atoms with Gasteiger partial charge in [-0.15, -0.1) is 0 Å². The second-order valence-electron chi connectivity index (χ2n) is 11.3. The van der Waals surface area contributed by atoms with E-state index in [1.807, 2.05) is 54.6 Å². The van der Waals surface area contributed by atoms with E-state index in [0.29, 0.717) is 29.9 Å². The Hall–Kier alpha value is -4.59. The number of hydrogen-bond acceptors (Lipinski definition) is 10. The first kappa shape index (κ1) is 34.7. The van der Waals surface area contributed by atoms with Crippen molar-refractivity contribution >= 4 is 21.6 Å². The van der Waals surface area contributed by atoms with E-state index >= 15 is 0 Å². The monoisotopic (exact) mass is 673 g/mol. The van der Waals surface area contributed by atoms with Gasteiger partial charge in [0.15, 0.2) is 21.5 Å². The summed E-state index contributed by atoms with van der Waals surface area (Å²) < 4.78 is 39.2. The van der Waals surface area contributed by atoms with Gasteiger partial charge in [-0.25, -0.2) is 18.8 Å². The summed E-state index contributed by atoms with van der Waals surface area (Å²) in [6.07, 6.45) is -0.822. The zero-order valence-corrected chi connectivity index (χ0v) is 27.1. The summed E-state index contributed by atoms with van der Waals surface area (Å²) in [6, 6.07) is 31.2. The van der Waals surface area contributed by atoms with Gasteiger partial charge in [0.25, 0.3) is 5.91 Å². The lowest BCUT2D eigenvalue weighted by molar-refractivity contribution is -0.130. The molecular weight excluding hydrogens is 634 g/mol. The number of benzene rings is 4. The van der Waals surface area contributed by atoms with Crippen LogP contribution in [0.3, 0.4) is 0 Å². The molecule has 1 aliphatic heterocycles. The fourth-order valence-electron chi connectivity index (χ4n) is 5.31. The second kappa shape index (κ2) is 16.0. The summed E-state index contributed by atoms with van der Waals surface area (Å²) in [5.41, 5.74) is 6.46. The molecule has 48 heavy (non-hydrogen) atoms. The lowest BCUT2D eigenvalue weighted by atomic mass is 9.84. The number of amides is 1. The lowest BCUT2D eigenvalue weighted by Gasteiger charge is -2.31. The molecule has 11 nitrogen and oxygen atoms in total. The minimum Gasteiger partial charge on any atom is -0.494 e. The van der Waals surface area contributed by atoms with Gasteiger partial charge in [-0.3, -0.25) is 10.2 Å². The fraction of sp³-hybridized carbons (Fsp3) is 0.278. The molecular formula is C36H39N3O8S. The number of nitrogens with zero attached hydrogens (tertiary/aromatic N) is 1. The zero-order chi connectivity index (χ0) is 34.0. The molecule has 2 atom stereocenters. The Balaban J connectivity index is 1.56. The van der Waals surface area contributed by atoms with Crippen molar-refractivity contribution in [2.45, 2.75) is 35.4 Å². The Labute approximate surface area is 279 Å². The minimum atomic E-state index is -3.85. The number of nitrogens with one attached hydrogen (secondary N) is 2. The average Bonchev–Trinajstić information content (AvgIpc) is 3.53. The van der Waals surface area contributed by atoms with Gasteiger partial charge < -0.3 is 24.8 Å². The third-order valence-electron chi connectivity index (χ3n) is 8.04. The van der Waals surface area contributed by atoms with Crippen LogP contribution in [0.5, 0.6) is 5.75 Å². The highest BCUT2D eigenvalue weighted by Gasteiger charge is 2.53. The number of aliphatic hydroxyl groups is 3. The molecule has 0 aliphatic carbocycles. The molecule has 4 aromatic carbocycles. The van der Waals surface area contributed by atoms with E-state index in [-0.39, 0.29) is 23.8 Å². The van der Waals surface area contributed by atoms with Crippen molar-refractivity contribution in [3.05, 3.63) is 120 Å². The molecule has 0 fully saturated rings. The van der Waals surface area contributed by atoms with Gasteiger partial charge >= 0.3 is 0 Å². The number of hydrogen-bond donors (Lipinski definition) is 5. The zero-order valence-electron chi connectivity index (χ0n) is 26.2. The number of aliphatic hydroxyl groups excluding tert-OH is 3. The minimum absolute atomic E-state index is 0.00674. The van der Waals surface area contributed by atoms with Crippen molar-refractivity contribution in [3.8, 4) is 16.9 Å². The molecule has 252 valence electrons.